The minimum Gasteiger partial charge on any atom is -0.349 e. The van der Waals surface area contributed by atoms with Gasteiger partial charge in [-0.3, -0.25) is 19.6 Å². The predicted octanol–water partition coefficient (Wildman–Crippen LogP) is 4.52. The van der Waals surface area contributed by atoms with Gasteiger partial charge in [-0.25, -0.2) is 4.39 Å². The van der Waals surface area contributed by atoms with Crippen molar-refractivity contribution in [3.05, 3.63) is 65.2 Å². The van der Waals surface area contributed by atoms with E-state index in [1.807, 2.05) is 6.07 Å². The highest BCUT2D eigenvalue weighted by Gasteiger charge is 2.49. The Kier molecular flexibility index (Phi) is 5.29. The second-order valence-electron chi connectivity index (χ2n) is 8.56. The molecule has 1 aromatic heterocycles. The summed E-state index contributed by atoms with van der Waals surface area (Å²) in [6, 6.07) is 9.50. The molecule has 1 saturated heterocycles. The van der Waals surface area contributed by atoms with Gasteiger partial charge in [-0.2, -0.15) is 0 Å². The average molecular weight is 453 g/mol. The first-order valence-electron chi connectivity index (χ1n) is 10.7. The zero-order chi connectivity index (χ0) is 22.3. The number of carbonyl (C=O) groups is 2. The zero-order valence-corrected chi connectivity index (χ0v) is 18.1. The van der Waals surface area contributed by atoms with Crippen LogP contribution in [0.3, 0.4) is 0 Å². The summed E-state index contributed by atoms with van der Waals surface area (Å²) in [6.07, 6.45) is 6.75. The van der Waals surface area contributed by atoms with E-state index in [9.17, 15) is 14.0 Å². The summed E-state index contributed by atoms with van der Waals surface area (Å²) in [4.78, 5) is 36.4. The second kappa shape index (κ2) is 8.13. The fraction of sp³-hybridized carbons (Fsp3) is 0.333. The first-order chi connectivity index (χ1) is 15.5. The third-order valence-corrected chi connectivity index (χ3v) is 7.04. The minimum absolute atomic E-state index is 0.00342. The van der Waals surface area contributed by atoms with Gasteiger partial charge in [-0.05, 0) is 62.4 Å². The van der Waals surface area contributed by atoms with Gasteiger partial charge in [0.05, 0.1) is 27.2 Å². The van der Waals surface area contributed by atoms with Crippen LogP contribution in [0.1, 0.15) is 42.5 Å². The van der Waals surface area contributed by atoms with Crippen LogP contribution in [0, 0.1) is 11.2 Å². The molecule has 2 fully saturated rings. The van der Waals surface area contributed by atoms with E-state index in [4.69, 9.17) is 11.6 Å². The summed E-state index contributed by atoms with van der Waals surface area (Å²) in [6.45, 7) is 0.565. The van der Waals surface area contributed by atoms with Crippen molar-refractivity contribution in [2.24, 2.45) is 5.41 Å². The third kappa shape index (κ3) is 3.60. The number of amides is 2. The van der Waals surface area contributed by atoms with Crippen molar-refractivity contribution < 1.29 is 14.0 Å². The first kappa shape index (κ1) is 20.8. The highest BCUT2D eigenvalue weighted by Crippen LogP contribution is 2.47. The van der Waals surface area contributed by atoms with Crippen LogP contribution in [0.15, 0.2) is 48.8 Å². The van der Waals surface area contributed by atoms with Gasteiger partial charge < -0.3 is 10.2 Å². The van der Waals surface area contributed by atoms with Crippen molar-refractivity contribution >= 4 is 40.1 Å². The van der Waals surface area contributed by atoms with Crippen molar-refractivity contribution in [1.82, 2.24) is 15.3 Å². The van der Waals surface area contributed by atoms with Gasteiger partial charge in [0.1, 0.15) is 11.3 Å². The Labute approximate surface area is 189 Å². The number of nitrogens with one attached hydrogen (secondary N) is 1. The summed E-state index contributed by atoms with van der Waals surface area (Å²) < 4.78 is 13.4. The van der Waals surface area contributed by atoms with Crippen molar-refractivity contribution in [1.29, 1.82) is 0 Å². The maximum absolute atomic E-state index is 13.4. The molecule has 2 aromatic carbocycles. The lowest BCUT2D eigenvalue weighted by Gasteiger charge is -2.36. The maximum Gasteiger partial charge on any atom is 0.253 e. The molecule has 32 heavy (non-hydrogen) atoms. The lowest BCUT2D eigenvalue weighted by atomic mass is 9.71. The SMILES string of the molecule is O=C(NC1CCC2(CC1)CCN(c1ccc(F)cc1Cl)C2=O)c1cccc2nccnc12. The summed E-state index contributed by atoms with van der Waals surface area (Å²) in [5, 5.41) is 3.36. The van der Waals surface area contributed by atoms with E-state index >= 15 is 0 Å². The van der Waals surface area contributed by atoms with Crippen LogP contribution in [0.5, 0.6) is 0 Å². The van der Waals surface area contributed by atoms with Gasteiger partial charge in [0, 0.05) is 25.0 Å². The highest BCUT2D eigenvalue weighted by molar-refractivity contribution is 6.34. The molecule has 5 rings (SSSR count). The van der Waals surface area contributed by atoms with Crippen LogP contribution in [0.2, 0.25) is 5.02 Å². The zero-order valence-electron chi connectivity index (χ0n) is 17.4. The minimum atomic E-state index is -0.441. The van der Waals surface area contributed by atoms with E-state index in [-0.39, 0.29) is 22.9 Å². The molecule has 0 bridgehead atoms. The molecule has 1 spiro atoms. The van der Waals surface area contributed by atoms with Crippen molar-refractivity contribution in [3.8, 4) is 0 Å². The fourth-order valence-electron chi connectivity index (χ4n) is 4.97. The Hall–Kier alpha value is -3.06. The van der Waals surface area contributed by atoms with E-state index in [1.165, 1.54) is 12.1 Å². The second-order valence-corrected chi connectivity index (χ2v) is 8.97. The molecule has 0 atom stereocenters. The van der Waals surface area contributed by atoms with E-state index in [0.29, 0.717) is 41.7 Å². The number of anilines is 1. The molecule has 3 aromatic rings. The summed E-state index contributed by atoms with van der Waals surface area (Å²) in [5.41, 5.74) is 1.88. The molecule has 2 aliphatic rings. The number of rotatable bonds is 3. The smallest absolute Gasteiger partial charge is 0.253 e. The molecule has 1 N–H and O–H groups in total. The number of fused-ring (bicyclic) bond motifs is 1. The molecule has 2 heterocycles. The number of para-hydroxylation sites is 1. The Morgan fingerprint density at radius 1 is 1.12 bits per heavy atom. The summed E-state index contributed by atoms with van der Waals surface area (Å²) in [5.74, 6) is -0.553. The lowest BCUT2D eigenvalue weighted by Crippen LogP contribution is -2.44. The number of nitrogens with zero attached hydrogens (tertiary/aromatic N) is 3. The average Bonchev–Trinajstić information content (AvgIpc) is 3.10. The molecule has 1 aliphatic carbocycles. The van der Waals surface area contributed by atoms with Gasteiger partial charge in [0.15, 0.2) is 0 Å². The fourth-order valence-corrected chi connectivity index (χ4v) is 5.24. The van der Waals surface area contributed by atoms with E-state index in [2.05, 4.69) is 15.3 Å². The number of hydrogen-bond acceptors (Lipinski definition) is 4. The van der Waals surface area contributed by atoms with E-state index in [1.54, 1.807) is 35.5 Å². The van der Waals surface area contributed by atoms with Gasteiger partial charge in [0.25, 0.3) is 5.91 Å². The van der Waals surface area contributed by atoms with Crippen molar-refractivity contribution in [3.63, 3.8) is 0 Å². The van der Waals surface area contributed by atoms with Crippen molar-refractivity contribution in [2.45, 2.75) is 38.1 Å². The van der Waals surface area contributed by atoms with Crippen LogP contribution in [0.25, 0.3) is 11.0 Å². The van der Waals surface area contributed by atoms with Crippen LogP contribution < -0.4 is 10.2 Å². The highest BCUT2D eigenvalue weighted by atomic mass is 35.5. The van der Waals surface area contributed by atoms with E-state index < -0.39 is 11.2 Å². The molecule has 0 radical (unpaired) electrons. The summed E-state index contributed by atoms with van der Waals surface area (Å²) in [7, 11) is 0. The third-order valence-electron chi connectivity index (χ3n) is 6.73. The molecule has 164 valence electrons. The topological polar surface area (TPSA) is 75.2 Å². The number of hydrogen-bond donors (Lipinski definition) is 1. The molecule has 0 unspecified atom stereocenters. The molecular formula is C24H22ClFN4O2. The normalized spacial score (nSPS) is 23.1. The van der Waals surface area contributed by atoms with Gasteiger partial charge in [-0.1, -0.05) is 17.7 Å². The largest absolute Gasteiger partial charge is 0.349 e. The van der Waals surface area contributed by atoms with Crippen LogP contribution >= 0.6 is 11.6 Å². The summed E-state index contributed by atoms with van der Waals surface area (Å²) >= 11 is 6.19. The van der Waals surface area contributed by atoms with Gasteiger partial charge in [0.2, 0.25) is 5.91 Å². The number of carbonyl (C=O) groups excluding carboxylic acids is 2. The monoisotopic (exact) mass is 452 g/mol. The van der Waals surface area contributed by atoms with Crippen LogP contribution in [0.4, 0.5) is 10.1 Å². The molecule has 1 aliphatic heterocycles. The van der Waals surface area contributed by atoms with Crippen molar-refractivity contribution in [2.75, 3.05) is 11.4 Å². The van der Waals surface area contributed by atoms with Gasteiger partial charge >= 0.3 is 0 Å². The Balaban J connectivity index is 1.26. The quantitative estimate of drug-likeness (QED) is 0.634. The molecular weight excluding hydrogens is 431 g/mol. The number of benzene rings is 2. The Morgan fingerprint density at radius 3 is 2.69 bits per heavy atom. The molecule has 1 saturated carbocycles. The maximum atomic E-state index is 13.4. The lowest BCUT2D eigenvalue weighted by molar-refractivity contribution is -0.127. The van der Waals surface area contributed by atoms with Crippen LogP contribution in [-0.2, 0) is 4.79 Å². The Bertz CT molecular complexity index is 1200. The predicted molar refractivity (Wildman–Crippen MR) is 120 cm³/mol. The Morgan fingerprint density at radius 2 is 1.91 bits per heavy atom. The standard InChI is InChI=1S/C24H22ClFN4O2/c25-18-14-15(26)4-5-20(18)30-13-10-24(23(30)32)8-6-16(7-9-24)29-22(31)17-2-1-3-19-21(17)28-12-11-27-19/h1-5,11-12,14,16H,6-10,13H2,(H,29,31). The first-order valence-corrected chi connectivity index (χ1v) is 11.1. The number of halogens is 2. The molecule has 2 amide bonds. The van der Waals surface area contributed by atoms with E-state index in [0.717, 1.165) is 19.3 Å². The van der Waals surface area contributed by atoms with Gasteiger partial charge in [-0.15, -0.1) is 0 Å². The van der Waals surface area contributed by atoms with Crippen LogP contribution in [-0.4, -0.2) is 34.4 Å². The molecule has 8 heteroatoms. The number of aromatic nitrogens is 2. The molecule has 6 nitrogen and oxygen atoms in total.